The third-order valence-corrected chi connectivity index (χ3v) is 3.26. The van der Waals surface area contributed by atoms with Crippen LogP contribution in [0.4, 0.5) is 10.1 Å². The van der Waals surface area contributed by atoms with Crippen molar-refractivity contribution >= 4 is 23.2 Å². The van der Waals surface area contributed by atoms with Crippen LogP contribution in [0.15, 0.2) is 36.4 Å². The van der Waals surface area contributed by atoms with Gasteiger partial charge in [0, 0.05) is 10.6 Å². The molecule has 1 N–H and O–H groups in total. The summed E-state index contributed by atoms with van der Waals surface area (Å²) < 4.78 is 13.6. The van der Waals surface area contributed by atoms with E-state index in [4.69, 9.17) is 11.6 Å². The second kappa shape index (κ2) is 5.41. The van der Waals surface area contributed by atoms with Crippen molar-refractivity contribution in [1.29, 1.82) is 0 Å². The molecule has 0 fully saturated rings. The van der Waals surface area contributed by atoms with Gasteiger partial charge in [0.05, 0.1) is 5.69 Å². The molecule has 0 spiro atoms. The third kappa shape index (κ3) is 2.93. The van der Waals surface area contributed by atoms with Crippen LogP contribution in [0.2, 0.25) is 5.02 Å². The van der Waals surface area contributed by atoms with Crippen molar-refractivity contribution in [2.45, 2.75) is 13.8 Å². The van der Waals surface area contributed by atoms with Gasteiger partial charge in [-0.1, -0.05) is 23.7 Å². The SMILES string of the molecule is Cc1cccc(C(=O)Nc2ccc(Cl)cc2F)c1C. The summed E-state index contributed by atoms with van der Waals surface area (Å²) in [6, 6.07) is 9.58. The zero-order valence-electron chi connectivity index (χ0n) is 10.6. The van der Waals surface area contributed by atoms with Gasteiger partial charge in [0.2, 0.25) is 0 Å². The average Bonchev–Trinajstić information content (AvgIpc) is 2.36. The Morgan fingerprint density at radius 3 is 2.63 bits per heavy atom. The summed E-state index contributed by atoms with van der Waals surface area (Å²) in [5, 5.41) is 2.84. The Balaban J connectivity index is 2.28. The number of amides is 1. The predicted octanol–water partition coefficient (Wildman–Crippen LogP) is 4.35. The van der Waals surface area contributed by atoms with Gasteiger partial charge in [-0.25, -0.2) is 4.39 Å². The summed E-state index contributed by atoms with van der Waals surface area (Å²) in [4.78, 5) is 12.1. The Morgan fingerprint density at radius 2 is 1.95 bits per heavy atom. The van der Waals surface area contributed by atoms with Crippen LogP contribution in [0.1, 0.15) is 21.5 Å². The highest BCUT2D eigenvalue weighted by atomic mass is 35.5. The van der Waals surface area contributed by atoms with Crippen LogP contribution in [0.5, 0.6) is 0 Å². The minimum Gasteiger partial charge on any atom is -0.319 e. The molecule has 0 aliphatic rings. The quantitative estimate of drug-likeness (QED) is 0.869. The Morgan fingerprint density at radius 1 is 1.21 bits per heavy atom. The summed E-state index contributed by atoms with van der Waals surface area (Å²) in [6.45, 7) is 3.79. The molecule has 0 saturated carbocycles. The van der Waals surface area contributed by atoms with Crippen LogP contribution < -0.4 is 5.32 Å². The minimum absolute atomic E-state index is 0.121. The molecule has 0 aromatic heterocycles. The number of carbonyl (C=O) groups excluding carboxylic acids is 1. The van der Waals surface area contributed by atoms with Gasteiger partial charge in [0.25, 0.3) is 5.91 Å². The second-order valence-corrected chi connectivity index (χ2v) is 4.76. The van der Waals surface area contributed by atoms with E-state index >= 15 is 0 Å². The molecule has 0 bridgehead atoms. The van der Waals surface area contributed by atoms with Crippen molar-refractivity contribution < 1.29 is 9.18 Å². The molecule has 0 atom stereocenters. The summed E-state index contributed by atoms with van der Waals surface area (Å²) in [7, 11) is 0. The molecule has 2 aromatic rings. The third-order valence-electron chi connectivity index (χ3n) is 3.03. The highest BCUT2D eigenvalue weighted by Gasteiger charge is 2.12. The lowest BCUT2D eigenvalue weighted by Crippen LogP contribution is -2.14. The van der Waals surface area contributed by atoms with Crippen molar-refractivity contribution in [3.63, 3.8) is 0 Å². The van der Waals surface area contributed by atoms with E-state index in [-0.39, 0.29) is 11.6 Å². The first-order valence-corrected chi connectivity index (χ1v) is 6.19. The van der Waals surface area contributed by atoms with Crippen molar-refractivity contribution in [2.75, 3.05) is 5.32 Å². The number of anilines is 1. The number of nitrogens with one attached hydrogen (secondary N) is 1. The first-order chi connectivity index (χ1) is 8.99. The molecule has 0 saturated heterocycles. The maximum absolute atomic E-state index is 13.6. The van der Waals surface area contributed by atoms with Crippen molar-refractivity contribution in [3.8, 4) is 0 Å². The number of aryl methyl sites for hydroxylation is 1. The van der Waals surface area contributed by atoms with Crippen LogP contribution in [0, 0.1) is 19.7 Å². The highest BCUT2D eigenvalue weighted by molar-refractivity contribution is 6.30. The van der Waals surface area contributed by atoms with Crippen molar-refractivity contribution in [1.82, 2.24) is 0 Å². The molecule has 0 aliphatic heterocycles. The fraction of sp³-hybridized carbons (Fsp3) is 0.133. The highest BCUT2D eigenvalue weighted by Crippen LogP contribution is 2.20. The largest absolute Gasteiger partial charge is 0.319 e. The number of halogens is 2. The van der Waals surface area contributed by atoms with Gasteiger partial charge < -0.3 is 5.32 Å². The monoisotopic (exact) mass is 277 g/mol. The first kappa shape index (κ1) is 13.6. The van der Waals surface area contributed by atoms with Crippen molar-refractivity contribution in [2.24, 2.45) is 0 Å². The fourth-order valence-corrected chi connectivity index (χ4v) is 1.94. The fourth-order valence-electron chi connectivity index (χ4n) is 1.78. The predicted molar refractivity (Wildman–Crippen MR) is 75.3 cm³/mol. The van der Waals surface area contributed by atoms with Crippen LogP contribution >= 0.6 is 11.6 Å². The van der Waals surface area contributed by atoms with Crippen LogP contribution in [-0.4, -0.2) is 5.91 Å². The molecule has 0 heterocycles. The molecule has 2 rings (SSSR count). The molecule has 1 amide bonds. The zero-order chi connectivity index (χ0) is 14.0. The van der Waals surface area contributed by atoms with Gasteiger partial charge in [0.1, 0.15) is 5.82 Å². The standard InChI is InChI=1S/C15H13ClFNO/c1-9-4-3-5-12(10(9)2)15(19)18-14-7-6-11(16)8-13(14)17/h3-8H,1-2H3,(H,18,19). The Labute approximate surface area is 116 Å². The Kier molecular flexibility index (Phi) is 3.86. The molecular weight excluding hydrogens is 265 g/mol. The van der Waals surface area contributed by atoms with Crippen molar-refractivity contribution in [3.05, 3.63) is 63.9 Å². The Bertz CT molecular complexity index is 640. The van der Waals surface area contributed by atoms with Gasteiger partial charge in [-0.15, -0.1) is 0 Å². The molecule has 2 aromatic carbocycles. The zero-order valence-corrected chi connectivity index (χ0v) is 11.4. The molecule has 2 nitrogen and oxygen atoms in total. The van der Waals surface area contributed by atoms with E-state index < -0.39 is 5.82 Å². The van der Waals surface area contributed by atoms with Crippen LogP contribution in [-0.2, 0) is 0 Å². The molecule has 19 heavy (non-hydrogen) atoms. The van der Waals surface area contributed by atoms with E-state index in [0.717, 1.165) is 11.1 Å². The maximum atomic E-state index is 13.6. The molecule has 98 valence electrons. The number of rotatable bonds is 2. The summed E-state index contributed by atoms with van der Waals surface area (Å²) in [5.74, 6) is -0.881. The van der Waals surface area contributed by atoms with Crippen LogP contribution in [0.3, 0.4) is 0 Å². The molecule has 0 unspecified atom stereocenters. The van der Waals surface area contributed by atoms with Gasteiger partial charge in [-0.3, -0.25) is 4.79 Å². The molecule has 4 heteroatoms. The summed E-state index contributed by atoms with van der Waals surface area (Å²) in [5.41, 5.74) is 2.56. The molecular formula is C15H13ClFNO. The van der Waals surface area contributed by atoms with Crippen LogP contribution in [0.25, 0.3) is 0 Å². The average molecular weight is 278 g/mol. The normalized spacial score (nSPS) is 10.3. The Hall–Kier alpha value is -1.87. The number of carbonyl (C=O) groups is 1. The van der Waals surface area contributed by atoms with Gasteiger partial charge in [-0.2, -0.15) is 0 Å². The molecule has 0 aliphatic carbocycles. The summed E-state index contributed by atoms with van der Waals surface area (Å²) >= 11 is 5.66. The van der Waals surface area contributed by atoms with Gasteiger partial charge in [0.15, 0.2) is 0 Å². The smallest absolute Gasteiger partial charge is 0.256 e. The second-order valence-electron chi connectivity index (χ2n) is 4.33. The summed E-state index contributed by atoms with van der Waals surface area (Å²) in [6.07, 6.45) is 0. The van der Waals surface area contributed by atoms with E-state index in [2.05, 4.69) is 5.32 Å². The number of hydrogen-bond donors (Lipinski definition) is 1. The van der Waals surface area contributed by atoms with Gasteiger partial charge in [-0.05, 0) is 49.2 Å². The van der Waals surface area contributed by atoms with Gasteiger partial charge >= 0.3 is 0 Å². The minimum atomic E-state index is -0.550. The van der Waals surface area contributed by atoms with E-state index in [1.165, 1.54) is 18.2 Å². The maximum Gasteiger partial charge on any atom is 0.256 e. The lowest BCUT2D eigenvalue weighted by atomic mass is 10.0. The first-order valence-electron chi connectivity index (χ1n) is 5.81. The van der Waals surface area contributed by atoms with E-state index in [1.54, 1.807) is 12.1 Å². The topological polar surface area (TPSA) is 29.1 Å². The lowest BCUT2D eigenvalue weighted by molar-refractivity contribution is 0.102. The van der Waals surface area contributed by atoms with E-state index in [0.29, 0.717) is 10.6 Å². The van der Waals surface area contributed by atoms with E-state index in [9.17, 15) is 9.18 Å². The molecule has 0 radical (unpaired) electrons. The van der Waals surface area contributed by atoms with E-state index in [1.807, 2.05) is 19.9 Å². The number of hydrogen-bond acceptors (Lipinski definition) is 1. The number of benzene rings is 2. The lowest BCUT2D eigenvalue weighted by Gasteiger charge is -2.10.